The zero-order valence-corrected chi connectivity index (χ0v) is 24.1. The molecule has 1 aliphatic heterocycles. The van der Waals surface area contributed by atoms with Crippen LogP contribution in [0, 0.1) is 0 Å². The summed E-state index contributed by atoms with van der Waals surface area (Å²) >= 11 is 0. The number of aromatic nitrogens is 2. The number of para-hydroxylation sites is 2. The SMILES string of the molecule is O=P1(c2ccccc2)c2ccccc2-c2c1ccc1c3ccccc3n(-c3ccc(-c4cccc5cccnc45)cc3)c21. The highest BCUT2D eigenvalue weighted by atomic mass is 31.2. The van der Waals surface area contributed by atoms with Gasteiger partial charge in [0, 0.05) is 55.1 Å². The van der Waals surface area contributed by atoms with Gasteiger partial charge in [0.1, 0.15) is 0 Å². The van der Waals surface area contributed by atoms with E-state index in [0.717, 1.165) is 71.2 Å². The minimum atomic E-state index is -3.05. The predicted molar refractivity (Wildman–Crippen MR) is 180 cm³/mol. The van der Waals surface area contributed by atoms with Gasteiger partial charge in [-0.25, -0.2) is 0 Å². The molecule has 2 aromatic heterocycles. The van der Waals surface area contributed by atoms with Crippen molar-refractivity contribution in [3.63, 3.8) is 0 Å². The summed E-state index contributed by atoms with van der Waals surface area (Å²) in [6, 6.07) is 50.2. The Bertz CT molecular complexity index is 2420. The molecule has 3 nitrogen and oxygen atoms in total. The number of rotatable bonds is 3. The number of hydrogen-bond acceptors (Lipinski definition) is 2. The fourth-order valence-corrected chi connectivity index (χ4v) is 10.0. The summed E-state index contributed by atoms with van der Waals surface area (Å²) in [7, 11) is -3.05. The molecule has 0 aliphatic carbocycles. The van der Waals surface area contributed by atoms with Crippen molar-refractivity contribution < 1.29 is 4.57 Å². The second-order valence-corrected chi connectivity index (χ2v) is 13.8. The second kappa shape index (κ2) is 9.13. The van der Waals surface area contributed by atoms with E-state index in [0.29, 0.717) is 0 Å². The summed E-state index contributed by atoms with van der Waals surface area (Å²) in [5, 5.41) is 6.17. The smallest absolute Gasteiger partial charge is 0.172 e. The molecular weight excluding hydrogens is 543 g/mol. The lowest BCUT2D eigenvalue weighted by Gasteiger charge is -2.16. The van der Waals surface area contributed by atoms with Crippen molar-refractivity contribution in [1.82, 2.24) is 9.55 Å². The molecule has 1 aliphatic rings. The van der Waals surface area contributed by atoms with E-state index in [1.807, 2.05) is 48.7 Å². The van der Waals surface area contributed by atoms with Crippen molar-refractivity contribution >= 4 is 55.8 Å². The Morgan fingerprint density at radius 2 is 1.30 bits per heavy atom. The zero-order valence-electron chi connectivity index (χ0n) is 23.2. The lowest BCUT2D eigenvalue weighted by molar-refractivity contribution is 0.593. The third-order valence-electron chi connectivity index (χ3n) is 8.86. The number of nitrogens with zero attached hydrogens (tertiary/aromatic N) is 2. The molecule has 0 amide bonds. The van der Waals surface area contributed by atoms with Gasteiger partial charge in [0.2, 0.25) is 0 Å². The molecule has 1 atom stereocenters. The largest absolute Gasteiger partial charge is 0.309 e. The minimum absolute atomic E-state index is 0.872. The summed E-state index contributed by atoms with van der Waals surface area (Å²) in [4.78, 5) is 4.68. The van der Waals surface area contributed by atoms with E-state index < -0.39 is 7.14 Å². The topological polar surface area (TPSA) is 34.9 Å². The minimum Gasteiger partial charge on any atom is -0.309 e. The molecule has 202 valence electrons. The molecule has 8 aromatic rings. The van der Waals surface area contributed by atoms with E-state index in [1.165, 1.54) is 5.39 Å². The Morgan fingerprint density at radius 1 is 0.558 bits per heavy atom. The highest BCUT2D eigenvalue weighted by Gasteiger charge is 2.41. The number of benzene rings is 6. The van der Waals surface area contributed by atoms with Gasteiger partial charge >= 0.3 is 0 Å². The fraction of sp³-hybridized carbons (Fsp3) is 0. The lowest BCUT2D eigenvalue weighted by Crippen LogP contribution is -2.20. The van der Waals surface area contributed by atoms with Gasteiger partial charge in [0.05, 0.1) is 16.6 Å². The van der Waals surface area contributed by atoms with Crippen LogP contribution in [0.4, 0.5) is 0 Å². The first kappa shape index (κ1) is 24.4. The molecule has 0 fully saturated rings. The van der Waals surface area contributed by atoms with E-state index in [2.05, 4.69) is 113 Å². The molecule has 0 spiro atoms. The number of pyridine rings is 1. The van der Waals surface area contributed by atoms with E-state index in [9.17, 15) is 0 Å². The van der Waals surface area contributed by atoms with Crippen LogP contribution in [-0.4, -0.2) is 9.55 Å². The van der Waals surface area contributed by atoms with Gasteiger partial charge in [-0.2, -0.15) is 0 Å². The molecular formula is C39H25N2OP. The fourth-order valence-electron chi connectivity index (χ4n) is 6.98. The molecule has 0 bridgehead atoms. The molecule has 0 radical (unpaired) electrons. The maximum absolute atomic E-state index is 15.3. The summed E-state index contributed by atoms with van der Waals surface area (Å²) in [5.41, 5.74) is 8.65. The van der Waals surface area contributed by atoms with E-state index in [4.69, 9.17) is 0 Å². The maximum atomic E-state index is 15.3. The Morgan fingerprint density at radius 3 is 2.19 bits per heavy atom. The molecule has 9 rings (SSSR count). The first-order valence-electron chi connectivity index (χ1n) is 14.5. The second-order valence-electron chi connectivity index (χ2n) is 11.1. The first-order valence-corrected chi connectivity index (χ1v) is 16.2. The monoisotopic (exact) mass is 568 g/mol. The van der Waals surface area contributed by atoms with Crippen molar-refractivity contribution in [2.75, 3.05) is 0 Å². The number of hydrogen-bond donors (Lipinski definition) is 0. The Labute approximate surface area is 249 Å². The summed E-state index contributed by atoms with van der Waals surface area (Å²) in [5.74, 6) is 0. The third-order valence-corrected chi connectivity index (χ3v) is 12.0. The van der Waals surface area contributed by atoms with Gasteiger partial charge < -0.3 is 9.13 Å². The van der Waals surface area contributed by atoms with Gasteiger partial charge in [0.25, 0.3) is 0 Å². The third kappa shape index (κ3) is 3.37. The molecule has 4 heteroatoms. The van der Waals surface area contributed by atoms with Crippen molar-refractivity contribution in [3.05, 3.63) is 152 Å². The highest BCUT2D eigenvalue weighted by Crippen LogP contribution is 2.54. The molecule has 3 heterocycles. The van der Waals surface area contributed by atoms with Gasteiger partial charge in [-0.15, -0.1) is 0 Å². The van der Waals surface area contributed by atoms with Gasteiger partial charge in [-0.1, -0.05) is 115 Å². The van der Waals surface area contributed by atoms with Crippen LogP contribution in [0.15, 0.2) is 152 Å². The van der Waals surface area contributed by atoms with Gasteiger partial charge in [-0.05, 0) is 41.5 Å². The average Bonchev–Trinajstić information content (AvgIpc) is 3.55. The van der Waals surface area contributed by atoms with Crippen LogP contribution < -0.4 is 15.9 Å². The van der Waals surface area contributed by atoms with Crippen LogP contribution in [0.5, 0.6) is 0 Å². The highest BCUT2D eigenvalue weighted by molar-refractivity contribution is 7.86. The molecule has 0 saturated carbocycles. The molecule has 1 unspecified atom stereocenters. The van der Waals surface area contributed by atoms with Gasteiger partial charge in [0.15, 0.2) is 7.14 Å². The summed E-state index contributed by atoms with van der Waals surface area (Å²) < 4.78 is 17.6. The maximum Gasteiger partial charge on any atom is 0.172 e. The van der Waals surface area contributed by atoms with Crippen LogP contribution in [0.2, 0.25) is 0 Å². The van der Waals surface area contributed by atoms with Crippen molar-refractivity contribution in [2.24, 2.45) is 0 Å². The standard InChI is InChI=1S/C39H25N2OP/c42-43(29-12-2-1-3-13-29)35-18-7-5-15-33(35)37-36(43)24-23-32-31-14-4-6-17-34(31)41(39(32)37)28-21-19-26(20-22-28)30-16-8-10-27-11-9-25-40-38(27)30/h1-25H. The zero-order chi connectivity index (χ0) is 28.5. The Balaban J connectivity index is 1.34. The van der Waals surface area contributed by atoms with Crippen molar-refractivity contribution in [2.45, 2.75) is 0 Å². The summed E-state index contributed by atoms with van der Waals surface area (Å²) in [6.07, 6.45) is 1.85. The van der Waals surface area contributed by atoms with E-state index in [1.54, 1.807) is 0 Å². The normalized spacial score (nSPS) is 15.6. The molecule has 0 N–H and O–H groups in total. The predicted octanol–water partition coefficient (Wildman–Crippen LogP) is 8.62. The van der Waals surface area contributed by atoms with Crippen molar-refractivity contribution in [1.29, 1.82) is 0 Å². The average molecular weight is 569 g/mol. The molecule has 6 aromatic carbocycles. The van der Waals surface area contributed by atoms with Crippen LogP contribution in [0.25, 0.3) is 60.6 Å². The van der Waals surface area contributed by atoms with Crippen LogP contribution in [0.1, 0.15) is 0 Å². The van der Waals surface area contributed by atoms with E-state index >= 15 is 4.57 Å². The van der Waals surface area contributed by atoms with Crippen LogP contribution >= 0.6 is 7.14 Å². The lowest BCUT2D eigenvalue weighted by atomic mass is 10.0. The number of fused-ring (bicyclic) bond motifs is 8. The first-order chi connectivity index (χ1) is 21.2. The van der Waals surface area contributed by atoms with Crippen LogP contribution in [0.3, 0.4) is 0 Å². The molecule has 43 heavy (non-hydrogen) atoms. The van der Waals surface area contributed by atoms with Crippen molar-refractivity contribution in [3.8, 4) is 27.9 Å². The Hall–Kier alpha value is -5.24. The van der Waals surface area contributed by atoms with E-state index in [-0.39, 0.29) is 0 Å². The Kier molecular flexibility index (Phi) is 5.17. The summed E-state index contributed by atoms with van der Waals surface area (Å²) in [6.45, 7) is 0. The molecule has 0 saturated heterocycles. The van der Waals surface area contributed by atoms with Gasteiger partial charge in [-0.3, -0.25) is 4.98 Å². The quantitative estimate of drug-likeness (QED) is 0.200. The van der Waals surface area contributed by atoms with Crippen LogP contribution in [-0.2, 0) is 4.57 Å².